The number of aromatic nitrogens is 1. The van der Waals surface area contributed by atoms with Crippen LogP contribution in [0.1, 0.15) is 59.3 Å². The van der Waals surface area contributed by atoms with Crippen LogP contribution >= 0.6 is 0 Å². The Morgan fingerprint density at radius 3 is 2.33 bits per heavy atom. The van der Waals surface area contributed by atoms with E-state index < -0.39 is 22.6 Å². The van der Waals surface area contributed by atoms with E-state index in [1.54, 1.807) is 19.9 Å². The number of hydrogen-bond donors (Lipinski definition) is 0. The molecule has 0 N–H and O–H groups in total. The molecule has 1 aromatic carbocycles. The Balaban J connectivity index is 2.14. The summed E-state index contributed by atoms with van der Waals surface area (Å²) in [6.07, 6.45) is 0.950. The fraction of sp³-hybridized carbons (Fsp3) is 0.455. The van der Waals surface area contributed by atoms with Gasteiger partial charge in [0.25, 0.3) is 0 Å². The summed E-state index contributed by atoms with van der Waals surface area (Å²) < 4.78 is 33.9. The third-order valence-corrected chi connectivity index (χ3v) is 7.11. The van der Waals surface area contributed by atoms with Crippen LogP contribution in [0.15, 0.2) is 35.2 Å². The van der Waals surface area contributed by atoms with Crippen LogP contribution in [0.3, 0.4) is 0 Å². The molecule has 0 saturated carbocycles. The molecule has 0 saturated heterocycles. The van der Waals surface area contributed by atoms with Gasteiger partial charge in [0, 0.05) is 36.6 Å². The molecule has 0 fully saturated rings. The summed E-state index contributed by atoms with van der Waals surface area (Å²) in [4.78, 5) is 25.0. The largest absolute Gasteiger partial charge is 0.454 e. The number of esters is 1. The summed E-state index contributed by atoms with van der Waals surface area (Å²) in [5.41, 5.74) is 2.46. The van der Waals surface area contributed by atoms with Crippen LogP contribution in [0.25, 0.3) is 0 Å². The standard InChI is InChI=1S/C22H30N2O5S/c1-6-12-24-16(4)13-20(17(24)5)21(25)15-29-22(26)18-10-9-11-19(14-18)30(27,28)23(7-2)8-3/h9-11,13-14H,6-8,12,15H2,1-5H3. The molecule has 2 rings (SSSR count). The van der Waals surface area contributed by atoms with E-state index in [0.717, 1.165) is 24.4 Å². The third kappa shape index (κ3) is 4.99. The van der Waals surface area contributed by atoms with E-state index in [-0.39, 0.29) is 16.2 Å². The summed E-state index contributed by atoms with van der Waals surface area (Å²) >= 11 is 0. The van der Waals surface area contributed by atoms with E-state index in [0.29, 0.717) is 18.7 Å². The monoisotopic (exact) mass is 434 g/mol. The van der Waals surface area contributed by atoms with Gasteiger partial charge in [-0.05, 0) is 44.5 Å². The number of hydrogen-bond acceptors (Lipinski definition) is 5. The van der Waals surface area contributed by atoms with E-state index in [9.17, 15) is 18.0 Å². The van der Waals surface area contributed by atoms with Crippen molar-refractivity contribution in [3.05, 3.63) is 52.8 Å². The number of benzene rings is 1. The van der Waals surface area contributed by atoms with Crippen molar-refractivity contribution in [3.63, 3.8) is 0 Å². The van der Waals surface area contributed by atoms with Crippen LogP contribution < -0.4 is 0 Å². The van der Waals surface area contributed by atoms with E-state index in [2.05, 4.69) is 11.5 Å². The van der Waals surface area contributed by atoms with Gasteiger partial charge in [0.05, 0.1) is 10.5 Å². The highest BCUT2D eigenvalue weighted by atomic mass is 32.2. The van der Waals surface area contributed by atoms with Crippen molar-refractivity contribution in [2.45, 2.75) is 52.5 Å². The van der Waals surface area contributed by atoms with Gasteiger partial charge in [0.1, 0.15) is 0 Å². The second kappa shape index (κ2) is 10.0. The van der Waals surface area contributed by atoms with Gasteiger partial charge in [-0.2, -0.15) is 4.31 Å². The zero-order chi connectivity index (χ0) is 22.5. The van der Waals surface area contributed by atoms with Crippen molar-refractivity contribution >= 4 is 21.8 Å². The number of ketones is 1. The Morgan fingerprint density at radius 1 is 1.07 bits per heavy atom. The molecule has 164 valence electrons. The second-order valence-corrected chi connectivity index (χ2v) is 8.99. The molecule has 0 atom stereocenters. The number of sulfonamides is 1. The minimum atomic E-state index is -3.69. The molecule has 0 aliphatic rings. The van der Waals surface area contributed by atoms with Gasteiger partial charge in [-0.15, -0.1) is 0 Å². The molecule has 8 heteroatoms. The highest BCUT2D eigenvalue weighted by molar-refractivity contribution is 7.89. The van der Waals surface area contributed by atoms with Gasteiger partial charge >= 0.3 is 5.97 Å². The molecule has 0 aliphatic heterocycles. The third-order valence-electron chi connectivity index (χ3n) is 5.07. The first-order valence-electron chi connectivity index (χ1n) is 10.1. The maximum atomic E-state index is 12.7. The molecule has 2 aromatic rings. The van der Waals surface area contributed by atoms with Crippen LogP contribution in [-0.2, 0) is 21.3 Å². The zero-order valence-corrected chi connectivity index (χ0v) is 19.1. The topological polar surface area (TPSA) is 85.7 Å². The van der Waals surface area contributed by atoms with Crippen LogP contribution in [0.4, 0.5) is 0 Å². The van der Waals surface area contributed by atoms with Crippen molar-refractivity contribution in [1.29, 1.82) is 0 Å². The highest BCUT2D eigenvalue weighted by Crippen LogP contribution is 2.19. The molecular weight excluding hydrogens is 404 g/mol. The van der Waals surface area contributed by atoms with Crippen molar-refractivity contribution < 1.29 is 22.7 Å². The van der Waals surface area contributed by atoms with E-state index in [4.69, 9.17) is 4.74 Å². The Morgan fingerprint density at radius 2 is 1.73 bits per heavy atom. The molecule has 0 bridgehead atoms. The average molecular weight is 435 g/mol. The smallest absolute Gasteiger partial charge is 0.338 e. The second-order valence-electron chi connectivity index (χ2n) is 7.05. The normalized spacial score (nSPS) is 11.7. The maximum absolute atomic E-state index is 12.7. The molecular formula is C22H30N2O5S. The van der Waals surface area contributed by atoms with E-state index >= 15 is 0 Å². The van der Waals surface area contributed by atoms with Gasteiger partial charge in [0.15, 0.2) is 6.61 Å². The Kier molecular flexibility index (Phi) is 7.97. The molecule has 0 radical (unpaired) electrons. The fourth-order valence-corrected chi connectivity index (χ4v) is 4.94. The van der Waals surface area contributed by atoms with Crippen LogP contribution in [0.2, 0.25) is 0 Å². The lowest BCUT2D eigenvalue weighted by molar-refractivity contribution is 0.0474. The van der Waals surface area contributed by atoms with Gasteiger partial charge < -0.3 is 9.30 Å². The molecule has 1 heterocycles. The van der Waals surface area contributed by atoms with Crippen LogP contribution in [0.5, 0.6) is 0 Å². The number of ether oxygens (including phenoxy) is 1. The highest BCUT2D eigenvalue weighted by Gasteiger charge is 2.23. The lowest BCUT2D eigenvalue weighted by Gasteiger charge is -2.18. The Bertz CT molecular complexity index is 1020. The van der Waals surface area contributed by atoms with Gasteiger partial charge in [0.2, 0.25) is 15.8 Å². The maximum Gasteiger partial charge on any atom is 0.338 e. The molecule has 0 unspecified atom stereocenters. The van der Waals surface area contributed by atoms with Gasteiger partial charge in [-0.25, -0.2) is 13.2 Å². The molecule has 0 spiro atoms. The van der Waals surface area contributed by atoms with E-state index in [1.165, 1.54) is 28.6 Å². The summed E-state index contributed by atoms with van der Waals surface area (Å²) in [7, 11) is -3.69. The van der Waals surface area contributed by atoms with E-state index in [1.807, 2.05) is 13.8 Å². The predicted octanol–water partition coefficient (Wildman–Crippen LogP) is 3.59. The number of nitrogens with zero attached hydrogens (tertiary/aromatic N) is 2. The minimum absolute atomic E-state index is 0.0232. The summed E-state index contributed by atoms with van der Waals surface area (Å²) in [6, 6.07) is 7.50. The van der Waals surface area contributed by atoms with Crippen LogP contribution in [-0.4, -0.2) is 48.7 Å². The average Bonchev–Trinajstić information content (AvgIpc) is 3.01. The first-order valence-corrected chi connectivity index (χ1v) is 11.6. The fourth-order valence-electron chi connectivity index (χ4n) is 3.44. The lowest BCUT2D eigenvalue weighted by atomic mass is 10.1. The molecule has 7 nitrogen and oxygen atoms in total. The number of Topliss-reactive ketones (excluding diaryl/α,β-unsaturated/α-hetero) is 1. The van der Waals surface area contributed by atoms with Gasteiger partial charge in [-0.3, -0.25) is 4.79 Å². The molecule has 30 heavy (non-hydrogen) atoms. The quantitative estimate of drug-likeness (QED) is 0.421. The Hall–Kier alpha value is -2.45. The molecule has 0 aliphatic carbocycles. The first-order chi connectivity index (χ1) is 14.2. The first kappa shape index (κ1) is 23.8. The Labute approximate surface area is 178 Å². The lowest BCUT2D eigenvalue weighted by Crippen LogP contribution is -2.30. The number of rotatable bonds is 10. The number of aryl methyl sites for hydroxylation is 1. The molecule has 1 aromatic heterocycles. The summed E-state index contributed by atoms with van der Waals surface area (Å²) in [5.74, 6) is -1.02. The molecule has 0 amide bonds. The summed E-state index contributed by atoms with van der Waals surface area (Å²) in [5, 5.41) is 0. The number of carbonyl (C=O) groups is 2. The SMILES string of the molecule is CCCn1c(C)cc(C(=O)COC(=O)c2cccc(S(=O)(=O)N(CC)CC)c2)c1C. The predicted molar refractivity (Wildman–Crippen MR) is 115 cm³/mol. The minimum Gasteiger partial charge on any atom is -0.454 e. The zero-order valence-electron chi connectivity index (χ0n) is 18.3. The van der Waals surface area contributed by atoms with Crippen molar-refractivity contribution in [1.82, 2.24) is 8.87 Å². The summed E-state index contributed by atoms with van der Waals surface area (Å²) in [6.45, 7) is 10.5. The van der Waals surface area contributed by atoms with Gasteiger partial charge in [-0.1, -0.05) is 26.8 Å². The van der Waals surface area contributed by atoms with Crippen molar-refractivity contribution in [2.24, 2.45) is 0 Å². The van der Waals surface area contributed by atoms with Crippen LogP contribution in [0, 0.1) is 13.8 Å². The van der Waals surface area contributed by atoms with Crippen molar-refractivity contribution in [2.75, 3.05) is 19.7 Å². The van der Waals surface area contributed by atoms with Crippen molar-refractivity contribution in [3.8, 4) is 0 Å². The number of carbonyl (C=O) groups excluding carboxylic acids is 2.